The topological polar surface area (TPSA) is 20.3 Å². The SMILES string of the molecule is CCC(=O)CN1CC(C)CC(C)C1. The van der Waals surface area contributed by atoms with E-state index < -0.39 is 0 Å². The van der Waals surface area contributed by atoms with Crippen LogP contribution in [0, 0.1) is 11.8 Å². The van der Waals surface area contributed by atoms with E-state index in [1.807, 2.05) is 6.92 Å². The minimum atomic E-state index is 0.376. The van der Waals surface area contributed by atoms with Crippen molar-refractivity contribution in [2.24, 2.45) is 11.8 Å². The third kappa shape index (κ3) is 3.47. The van der Waals surface area contributed by atoms with E-state index in [-0.39, 0.29) is 0 Å². The maximum absolute atomic E-state index is 11.3. The molecule has 0 aliphatic carbocycles. The van der Waals surface area contributed by atoms with Crippen LogP contribution in [-0.4, -0.2) is 30.3 Å². The Labute approximate surface area is 81.3 Å². The average molecular weight is 183 g/mol. The van der Waals surface area contributed by atoms with Crippen LogP contribution < -0.4 is 0 Å². The number of hydrogen-bond donors (Lipinski definition) is 0. The summed E-state index contributed by atoms with van der Waals surface area (Å²) in [6.45, 7) is 9.38. The van der Waals surface area contributed by atoms with E-state index in [4.69, 9.17) is 0 Å². The summed E-state index contributed by atoms with van der Waals surface area (Å²) in [7, 11) is 0. The first kappa shape index (κ1) is 10.7. The van der Waals surface area contributed by atoms with Gasteiger partial charge in [-0.2, -0.15) is 0 Å². The number of rotatable bonds is 3. The van der Waals surface area contributed by atoms with Gasteiger partial charge < -0.3 is 0 Å². The highest BCUT2D eigenvalue weighted by molar-refractivity contribution is 5.80. The number of ketones is 1. The first-order valence-electron chi connectivity index (χ1n) is 5.35. The lowest BCUT2D eigenvalue weighted by molar-refractivity contribution is -0.120. The van der Waals surface area contributed by atoms with Crippen LogP contribution in [0.3, 0.4) is 0 Å². The molecule has 1 aliphatic heterocycles. The quantitative estimate of drug-likeness (QED) is 0.666. The largest absolute Gasteiger partial charge is 0.298 e. The fourth-order valence-electron chi connectivity index (χ4n) is 2.28. The maximum Gasteiger partial charge on any atom is 0.146 e. The zero-order valence-corrected chi connectivity index (χ0v) is 9.05. The molecule has 0 spiro atoms. The Morgan fingerprint density at radius 1 is 1.31 bits per heavy atom. The van der Waals surface area contributed by atoms with Crippen LogP contribution in [0.25, 0.3) is 0 Å². The van der Waals surface area contributed by atoms with Crippen molar-refractivity contribution in [1.82, 2.24) is 4.90 Å². The highest BCUT2D eigenvalue weighted by atomic mass is 16.1. The summed E-state index contributed by atoms with van der Waals surface area (Å²) >= 11 is 0. The zero-order valence-electron chi connectivity index (χ0n) is 9.05. The lowest BCUT2D eigenvalue weighted by atomic mass is 9.92. The third-order valence-electron chi connectivity index (χ3n) is 2.74. The van der Waals surface area contributed by atoms with Crippen molar-refractivity contribution in [2.45, 2.75) is 33.6 Å². The van der Waals surface area contributed by atoms with E-state index >= 15 is 0 Å². The number of nitrogens with zero attached hydrogens (tertiary/aromatic N) is 1. The molecule has 2 heteroatoms. The third-order valence-corrected chi connectivity index (χ3v) is 2.74. The molecule has 2 nitrogen and oxygen atoms in total. The van der Waals surface area contributed by atoms with Gasteiger partial charge >= 0.3 is 0 Å². The standard InChI is InChI=1S/C11H21NO/c1-4-11(13)8-12-6-9(2)5-10(3)7-12/h9-10H,4-8H2,1-3H3. The normalized spacial score (nSPS) is 30.4. The van der Waals surface area contributed by atoms with Crippen molar-refractivity contribution < 1.29 is 4.79 Å². The Hall–Kier alpha value is -0.370. The summed E-state index contributed by atoms with van der Waals surface area (Å²) in [5.41, 5.74) is 0. The monoisotopic (exact) mass is 183 g/mol. The molecular weight excluding hydrogens is 162 g/mol. The molecule has 0 N–H and O–H groups in total. The van der Waals surface area contributed by atoms with Crippen molar-refractivity contribution in [3.8, 4) is 0 Å². The predicted octanol–water partition coefficient (Wildman–Crippen LogP) is 1.94. The zero-order chi connectivity index (χ0) is 9.84. The van der Waals surface area contributed by atoms with Gasteiger partial charge in [0.05, 0.1) is 6.54 Å². The summed E-state index contributed by atoms with van der Waals surface area (Å²) in [5, 5.41) is 0. The molecule has 1 saturated heterocycles. The van der Waals surface area contributed by atoms with Crippen LogP contribution in [0.1, 0.15) is 33.6 Å². The number of carbonyl (C=O) groups is 1. The van der Waals surface area contributed by atoms with E-state index in [0.29, 0.717) is 18.7 Å². The van der Waals surface area contributed by atoms with Gasteiger partial charge in [0.2, 0.25) is 0 Å². The van der Waals surface area contributed by atoms with Gasteiger partial charge in [0.25, 0.3) is 0 Å². The molecule has 2 atom stereocenters. The van der Waals surface area contributed by atoms with E-state index in [1.54, 1.807) is 0 Å². The van der Waals surface area contributed by atoms with Crippen LogP contribution in [0.5, 0.6) is 0 Å². The molecule has 0 aromatic heterocycles. The minimum Gasteiger partial charge on any atom is -0.298 e. The highest BCUT2D eigenvalue weighted by Gasteiger charge is 2.22. The van der Waals surface area contributed by atoms with Gasteiger partial charge in [-0.3, -0.25) is 9.69 Å². The number of hydrogen-bond acceptors (Lipinski definition) is 2. The van der Waals surface area contributed by atoms with Gasteiger partial charge in [0, 0.05) is 19.5 Å². The molecule has 1 fully saturated rings. The number of Topliss-reactive ketones (excluding diaryl/α,β-unsaturated/α-hetero) is 1. The lowest BCUT2D eigenvalue weighted by Gasteiger charge is -2.34. The fourth-order valence-corrected chi connectivity index (χ4v) is 2.28. The van der Waals surface area contributed by atoms with Crippen molar-refractivity contribution in [2.75, 3.05) is 19.6 Å². The van der Waals surface area contributed by atoms with Gasteiger partial charge in [-0.15, -0.1) is 0 Å². The first-order valence-corrected chi connectivity index (χ1v) is 5.35. The Morgan fingerprint density at radius 3 is 2.31 bits per heavy atom. The molecule has 0 aromatic carbocycles. The predicted molar refractivity (Wildman–Crippen MR) is 54.7 cm³/mol. The smallest absolute Gasteiger partial charge is 0.146 e. The molecule has 0 amide bonds. The summed E-state index contributed by atoms with van der Waals surface area (Å²) in [4.78, 5) is 13.6. The van der Waals surface area contributed by atoms with Crippen LogP contribution in [-0.2, 0) is 4.79 Å². The van der Waals surface area contributed by atoms with Gasteiger partial charge in [-0.05, 0) is 18.3 Å². The summed E-state index contributed by atoms with van der Waals surface area (Å²) in [6, 6.07) is 0. The Balaban J connectivity index is 2.37. The van der Waals surface area contributed by atoms with Crippen molar-refractivity contribution in [1.29, 1.82) is 0 Å². The molecule has 76 valence electrons. The average Bonchev–Trinajstić information content (AvgIpc) is 2.02. The fraction of sp³-hybridized carbons (Fsp3) is 0.909. The second-order valence-electron chi connectivity index (χ2n) is 4.53. The summed E-state index contributed by atoms with van der Waals surface area (Å²) in [6.07, 6.45) is 2.00. The second-order valence-corrected chi connectivity index (χ2v) is 4.53. The van der Waals surface area contributed by atoms with Crippen LogP contribution in [0.2, 0.25) is 0 Å². The molecule has 2 unspecified atom stereocenters. The van der Waals surface area contributed by atoms with E-state index in [9.17, 15) is 4.79 Å². The number of carbonyl (C=O) groups excluding carboxylic acids is 1. The number of piperidine rings is 1. The molecule has 0 bridgehead atoms. The molecular formula is C11H21NO. The second kappa shape index (κ2) is 4.75. The highest BCUT2D eigenvalue weighted by Crippen LogP contribution is 2.20. The Morgan fingerprint density at radius 2 is 1.85 bits per heavy atom. The van der Waals surface area contributed by atoms with Gasteiger partial charge in [-0.25, -0.2) is 0 Å². The van der Waals surface area contributed by atoms with E-state index in [2.05, 4.69) is 18.7 Å². The molecule has 0 aromatic rings. The van der Waals surface area contributed by atoms with E-state index in [1.165, 1.54) is 6.42 Å². The number of likely N-dealkylation sites (tertiary alicyclic amines) is 1. The minimum absolute atomic E-state index is 0.376. The summed E-state index contributed by atoms with van der Waals surface area (Å²) in [5.74, 6) is 1.89. The lowest BCUT2D eigenvalue weighted by Crippen LogP contribution is -2.41. The van der Waals surface area contributed by atoms with Crippen molar-refractivity contribution in [3.05, 3.63) is 0 Å². The van der Waals surface area contributed by atoms with Crippen LogP contribution in [0.4, 0.5) is 0 Å². The van der Waals surface area contributed by atoms with Crippen LogP contribution in [0.15, 0.2) is 0 Å². The van der Waals surface area contributed by atoms with Crippen LogP contribution >= 0.6 is 0 Å². The van der Waals surface area contributed by atoms with Crippen molar-refractivity contribution >= 4 is 5.78 Å². The van der Waals surface area contributed by atoms with E-state index in [0.717, 1.165) is 24.9 Å². The maximum atomic E-state index is 11.3. The Bertz CT molecular complexity index is 169. The van der Waals surface area contributed by atoms with Gasteiger partial charge in [-0.1, -0.05) is 20.8 Å². The molecule has 0 radical (unpaired) electrons. The molecule has 1 heterocycles. The molecule has 13 heavy (non-hydrogen) atoms. The van der Waals surface area contributed by atoms with Crippen molar-refractivity contribution in [3.63, 3.8) is 0 Å². The first-order chi connectivity index (χ1) is 6.11. The van der Waals surface area contributed by atoms with Gasteiger partial charge in [0.15, 0.2) is 0 Å². The summed E-state index contributed by atoms with van der Waals surface area (Å²) < 4.78 is 0. The molecule has 0 saturated carbocycles. The van der Waals surface area contributed by atoms with Gasteiger partial charge in [0.1, 0.15) is 5.78 Å². The Kier molecular flexibility index (Phi) is 3.91. The molecule has 1 aliphatic rings. The molecule has 1 rings (SSSR count).